The number of benzene rings is 4. The summed E-state index contributed by atoms with van der Waals surface area (Å²) in [5.41, 5.74) is 11.1. The molecule has 2 aliphatic rings. The highest BCUT2D eigenvalue weighted by atomic mass is 16.6. The molecule has 0 spiro atoms. The molecule has 392 valence electrons. The highest BCUT2D eigenvalue weighted by Crippen LogP contribution is 2.34. The summed E-state index contributed by atoms with van der Waals surface area (Å²) in [6, 6.07) is 33.7. The number of esters is 2. The Hall–Kier alpha value is -8.79. The zero-order chi connectivity index (χ0) is 53.3. The van der Waals surface area contributed by atoms with E-state index in [2.05, 4.69) is 35.9 Å². The molecule has 3 N–H and O–H groups in total. The van der Waals surface area contributed by atoms with Crippen molar-refractivity contribution in [2.24, 2.45) is 16.0 Å². The fourth-order valence-electron chi connectivity index (χ4n) is 7.96. The number of likely N-dealkylation sites (tertiary alicyclic amines) is 2. The van der Waals surface area contributed by atoms with Gasteiger partial charge in [0.1, 0.15) is 38.4 Å². The van der Waals surface area contributed by atoms with Gasteiger partial charge in [0.15, 0.2) is 11.6 Å². The number of nitrogens with two attached hydrogens (primary N) is 1. The molecular weight excluding hydrogens is 969 g/mol. The maximum Gasteiger partial charge on any atom is 0.408 e. The molecule has 75 heavy (non-hydrogen) atoms. The molecule has 3 amide bonds. The highest BCUT2D eigenvalue weighted by Gasteiger charge is 2.40. The van der Waals surface area contributed by atoms with E-state index >= 15 is 0 Å². The van der Waals surface area contributed by atoms with Crippen molar-refractivity contribution in [1.29, 1.82) is 0 Å². The third-order valence-corrected chi connectivity index (χ3v) is 11.4. The van der Waals surface area contributed by atoms with E-state index in [1.54, 1.807) is 54.8 Å². The van der Waals surface area contributed by atoms with Gasteiger partial charge in [0.25, 0.3) is 11.8 Å². The Balaban J connectivity index is 0.000000222. The molecular formula is C53H58N10O12. The third-order valence-electron chi connectivity index (χ3n) is 11.4. The first kappa shape index (κ1) is 54.0. The number of nitrogens with zero attached hydrogens (tertiary/aromatic N) is 8. The van der Waals surface area contributed by atoms with Gasteiger partial charge < -0.3 is 53.8 Å². The molecule has 4 heterocycles. The van der Waals surface area contributed by atoms with Crippen LogP contribution >= 0.6 is 0 Å². The standard InChI is InChI=1S/C29H33N5O7.C24H25N5O5/c1-29(2,3)40-28(37)30-17-25(35)39-15-14-24-31-26(41-33-24)23-16-22(32-38-4)18-34(23)27(36)21-12-10-20(11-13-21)19-8-6-5-7-9-19;1-32-27-19-13-20(23-26-21(28-34-23)11-12-33-22(30)14-25)29(15-19)24(31)18-9-7-17(8-10-18)16-5-3-2-4-6-16/h5-13,23H,14-18H2,1-4H3,(H,30,37);2-10,20H,11-15,25H2,1H3/t23-;20-/m00/s1. The van der Waals surface area contributed by atoms with Crippen molar-refractivity contribution in [3.05, 3.63) is 144 Å². The van der Waals surface area contributed by atoms with Crippen LogP contribution in [-0.4, -0.2) is 131 Å². The van der Waals surface area contributed by atoms with Crippen molar-refractivity contribution in [2.45, 2.75) is 64.1 Å². The number of ether oxygens (including phenoxy) is 3. The van der Waals surface area contributed by atoms with Crippen LogP contribution in [-0.2, 0) is 46.3 Å². The van der Waals surface area contributed by atoms with Gasteiger partial charge in [0.05, 0.1) is 44.3 Å². The van der Waals surface area contributed by atoms with Crippen LogP contribution in [0.1, 0.15) is 89.8 Å². The number of nitrogens with one attached hydrogen (secondary N) is 1. The summed E-state index contributed by atoms with van der Waals surface area (Å²) in [6.07, 6.45) is 0.523. The molecule has 0 radical (unpaired) electrons. The van der Waals surface area contributed by atoms with Crippen molar-refractivity contribution >= 4 is 41.3 Å². The van der Waals surface area contributed by atoms with Gasteiger partial charge >= 0.3 is 18.0 Å². The largest absolute Gasteiger partial charge is 0.464 e. The molecule has 2 atom stereocenters. The minimum atomic E-state index is -0.712. The molecule has 6 aromatic rings. The van der Waals surface area contributed by atoms with Crippen molar-refractivity contribution in [3.63, 3.8) is 0 Å². The number of oxime groups is 2. The number of alkyl carbamates (subject to hydrolysis) is 1. The second-order valence-corrected chi connectivity index (χ2v) is 18.0. The first-order valence-electron chi connectivity index (χ1n) is 24.0. The molecule has 0 bridgehead atoms. The average Bonchev–Trinajstić information content (AvgIpc) is 4.26. The number of carbonyl (C=O) groups excluding carboxylic acids is 5. The average molecular weight is 1030 g/mol. The van der Waals surface area contributed by atoms with E-state index < -0.39 is 35.7 Å². The molecule has 0 saturated carbocycles. The molecule has 0 aliphatic carbocycles. The lowest BCUT2D eigenvalue weighted by molar-refractivity contribution is -0.143. The van der Waals surface area contributed by atoms with Crippen LogP contribution < -0.4 is 11.1 Å². The lowest BCUT2D eigenvalue weighted by Gasteiger charge is -2.21. The molecule has 4 aromatic carbocycles. The normalized spacial score (nSPS) is 16.2. The lowest BCUT2D eigenvalue weighted by atomic mass is 10.0. The van der Waals surface area contributed by atoms with Crippen LogP contribution in [0.3, 0.4) is 0 Å². The van der Waals surface area contributed by atoms with E-state index in [-0.39, 0.29) is 75.8 Å². The van der Waals surface area contributed by atoms with E-state index in [1.165, 1.54) is 14.2 Å². The Morgan fingerprint density at radius 3 is 1.44 bits per heavy atom. The molecule has 0 unspecified atom stereocenters. The summed E-state index contributed by atoms with van der Waals surface area (Å²) < 4.78 is 26.1. The Kier molecular flexibility index (Phi) is 18.5. The number of carbonyl (C=O) groups is 5. The number of amides is 3. The Labute approximate surface area is 432 Å². The highest BCUT2D eigenvalue weighted by molar-refractivity contribution is 6.01. The SMILES string of the molecule is CON=C1C[C@@H](c2nc(CCOC(=O)CN)no2)N(C(=O)c2ccc(-c3ccccc3)cc2)C1.CON=C1C[C@@H](c2nc(CCOC(=O)CNC(=O)OC(C)(C)C)no2)N(C(=O)c2ccc(-c3ccccc3)cc2)C1. The van der Waals surface area contributed by atoms with Gasteiger partial charge in [-0.1, -0.05) is 106 Å². The second kappa shape index (κ2) is 25.7. The topological polar surface area (TPSA) is 279 Å². The number of hydrogen-bond acceptors (Lipinski definition) is 19. The summed E-state index contributed by atoms with van der Waals surface area (Å²) in [4.78, 5) is 83.7. The molecule has 8 rings (SSSR count). The van der Waals surface area contributed by atoms with Crippen LogP contribution in [0.5, 0.6) is 0 Å². The van der Waals surface area contributed by atoms with Crippen LogP contribution in [0.15, 0.2) is 129 Å². The van der Waals surface area contributed by atoms with E-state index in [9.17, 15) is 24.0 Å². The van der Waals surface area contributed by atoms with E-state index in [0.29, 0.717) is 47.0 Å². The number of hydrogen-bond donors (Lipinski definition) is 2. The van der Waals surface area contributed by atoms with E-state index in [0.717, 1.165) is 22.3 Å². The quantitative estimate of drug-likeness (QED) is 0.0575. The van der Waals surface area contributed by atoms with Crippen molar-refractivity contribution < 1.29 is 56.9 Å². The zero-order valence-electron chi connectivity index (χ0n) is 42.2. The molecule has 2 fully saturated rings. The van der Waals surface area contributed by atoms with Crippen molar-refractivity contribution in [2.75, 3.05) is 53.6 Å². The van der Waals surface area contributed by atoms with Crippen molar-refractivity contribution in [3.8, 4) is 22.3 Å². The smallest absolute Gasteiger partial charge is 0.408 e. The van der Waals surface area contributed by atoms with Gasteiger partial charge in [-0.2, -0.15) is 9.97 Å². The van der Waals surface area contributed by atoms with Gasteiger partial charge in [0, 0.05) is 36.8 Å². The van der Waals surface area contributed by atoms with E-state index in [4.69, 9.17) is 38.7 Å². The number of rotatable bonds is 17. The minimum absolute atomic E-state index is 0.0226. The minimum Gasteiger partial charge on any atom is -0.464 e. The maximum atomic E-state index is 13.5. The van der Waals surface area contributed by atoms with Gasteiger partial charge in [-0.3, -0.25) is 19.2 Å². The summed E-state index contributed by atoms with van der Waals surface area (Å²) in [7, 11) is 2.91. The molecule has 2 aliphatic heterocycles. The van der Waals surface area contributed by atoms with Gasteiger partial charge in [-0.05, 0) is 67.3 Å². The van der Waals surface area contributed by atoms with Crippen LogP contribution in [0.25, 0.3) is 22.3 Å². The number of aromatic nitrogens is 4. The fourth-order valence-corrected chi connectivity index (χ4v) is 7.96. The van der Waals surface area contributed by atoms with Gasteiger partial charge in [-0.15, -0.1) is 0 Å². The Bertz CT molecular complexity index is 2940. The molecule has 2 aromatic heterocycles. The predicted octanol–water partition coefficient (Wildman–Crippen LogP) is 6.31. The third kappa shape index (κ3) is 15.1. The van der Waals surface area contributed by atoms with E-state index in [1.807, 2.05) is 84.9 Å². The lowest BCUT2D eigenvalue weighted by Crippen LogP contribution is -2.36. The van der Waals surface area contributed by atoms with Crippen LogP contribution in [0, 0.1) is 0 Å². The monoisotopic (exact) mass is 1030 g/mol. The zero-order valence-corrected chi connectivity index (χ0v) is 42.2. The first-order valence-corrected chi connectivity index (χ1v) is 24.0. The summed E-state index contributed by atoms with van der Waals surface area (Å²) in [5, 5.41) is 18.3. The van der Waals surface area contributed by atoms with Gasteiger partial charge in [-0.25, -0.2) is 4.79 Å². The molecule has 22 heteroatoms. The second-order valence-electron chi connectivity index (χ2n) is 18.0. The maximum absolute atomic E-state index is 13.5. The van der Waals surface area contributed by atoms with Crippen molar-refractivity contribution in [1.82, 2.24) is 35.4 Å². The van der Waals surface area contributed by atoms with Crippen LogP contribution in [0.4, 0.5) is 4.79 Å². The Morgan fingerprint density at radius 1 is 0.627 bits per heavy atom. The molecule has 2 saturated heterocycles. The Morgan fingerprint density at radius 2 is 1.04 bits per heavy atom. The summed E-state index contributed by atoms with van der Waals surface area (Å²) in [6.45, 7) is 5.24. The predicted molar refractivity (Wildman–Crippen MR) is 271 cm³/mol. The fraction of sp³-hybridized carbons (Fsp3) is 0.340. The summed E-state index contributed by atoms with van der Waals surface area (Å²) in [5.74, 6) is -0.309. The molecule has 22 nitrogen and oxygen atoms in total. The first-order chi connectivity index (χ1) is 36.2. The van der Waals surface area contributed by atoms with Crippen LogP contribution in [0.2, 0.25) is 0 Å². The summed E-state index contributed by atoms with van der Waals surface area (Å²) >= 11 is 0. The van der Waals surface area contributed by atoms with Gasteiger partial charge in [0.2, 0.25) is 11.8 Å².